The Kier molecular flexibility index (Phi) is 6.56. The highest BCUT2D eigenvalue weighted by Crippen LogP contribution is 2.11. The highest BCUT2D eigenvalue weighted by molar-refractivity contribution is 5.77. The largest absolute Gasteiger partial charge is 0.372 e. The van der Waals surface area contributed by atoms with Gasteiger partial charge in [-0.15, -0.1) is 0 Å². The van der Waals surface area contributed by atoms with E-state index in [1.165, 1.54) is 12.1 Å². The number of fused-ring (bicyclic) bond motifs is 1. The lowest BCUT2D eigenvalue weighted by Crippen LogP contribution is -1.97. The quantitative estimate of drug-likeness (QED) is 0.469. The van der Waals surface area contributed by atoms with Gasteiger partial charge in [0.15, 0.2) is 0 Å². The number of benzene rings is 1. The van der Waals surface area contributed by atoms with E-state index in [-0.39, 0.29) is 5.82 Å². The number of allylic oxidation sites excluding steroid dienone is 4. The van der Waals surface area contributed by atoms with Gasteiger partial charge in [-0.2, -0.15) is 0 Å². The standard InChI is InChI=1S/C24H21FN2O/c1-3-19(11-12-23-15-21-7-5-13-26-24(21)27-23)10-9-18(2)16-28-17-20-6-4-8-22(25)14-20/h3-10,13-15H,1,16-17H2,2H3,(H,26,27)/b18-9+,19-10+. The summed E-state index contributed by atoms with van der Waals surface area (Å²) in [6.07, 6.45) is 7.31. The molecule has 0 aliphatic heterocycles. The number of aromatic nitrogens is 2. The molecule has 3 rings (SSSR count). The summed E-state index contributed by atoms with van der Waals surface area (Å²) in [6.45, 7) is 6.61. The van der Waals surface area contributed by atoms with Crippen LogP contribution in [0.5, 0.6) is 0 Å². The second-order valence-electron chi connectivity index (χ2n) is 6.34. The van der Waals surface area contributed by atoms with Crippen LogP contribution < -0.4 is 0 Å². The van der Waals surface area contributed by atoms with E-state index >= 15 is 0 Å². The minimum atomic E-state index is -0.253. The van der Waals surface area contributed by atoms with Crippen LogP contribution >= 0.6 is 0 Å². The maximum absolute atomic E-state index is 13.2. The Hall–Kier alpha value is -3.42. The lowest BCUT2D eigenvalue weighted by molar-refractivity contribution is 0.142. The van der Waals surface area contributed by atoms with Gasteiger partial charge in [-0.1, -0.05) is 36.8 Å². The predicted molar refractivity (Wildman–Crippen MR) is 111 cm³/mol. The first kappa shape index (κ1) is 19.3. The van der Waals surface area contributed by atoms with Crippen LogP contribution in [-0.4, -0.2) is 16.6 Å². The van der Waals surface area contributed by atoms with Crippen molar-refractivity contribution >= 4 is 11.0 Å². The van der Waals surface area contributed by atoms with Gasteiger partial charge in [0.2, 0.25) is 0 Å². The molecule has 1 aromatic carbocycles. The number of nitrogens with zero attached hydrogens (tertiary/aromatic N) is 1. The van der Waals surface area contributed by atoms with Gasteiger partial charge in [-0.25, -0.2) is 9.37 Å². The number of rotatable bonds is 6. The SMILES string of the molecule is C=C/C(C#Cc1cc2cccnc2[nH]1)=C\C=C(/C)COCc1cccc(F)c1. The molecule has 0 spiro atoms. The van der Waals surface area contributed by atoms with Crippen molar-refractivity contribution in [2.75, 3.05) is 6.61 Å². The van der Waals surface area contributed by atoms with Crippen LogP contribution in [0.3, 0.4) is 0 Å². The summed E-state index contributed by atoms with van der Waals surface area (Å²) in [6, 6.07) is 12.3. The smallest absolute Gasteiger partial charge is 0.138 e. The fourth-order valence-corrected chi connectivity index (χ4v) is 2.56. The maximum atomic E-state index is 13.2. The molecule has 2 heterocycles. The van der Waals surface area contributed by atoms with Gasteiger partial charge in [0.1, 0.15) is 11.5 Å². The molecule has 0 fully saturated rings. The molecule has 0 aliphatic carbocycles. The van der Waals surface area contributed by atoms with E-state index < -0.39 is 0 Å². The summed E-state index contributed by atoms with van der Waals surface area (Å²) in [5, 5.41) is 1.03. The second kappa shape index (κ2) is 9.50. The summed E-state index contributed by atoms with van der Waals surface area (Å²) in [5.41, 5.74) is 4.28. The third-order valence-corrected chi connectivity index (χ3v) is 3.99. The minimum Gasteiger partial charge on any atom is -0.372 e. The number of nitrogens with one attached hydrogen (secondary N) is 1. The van der Waals surface area contributed by atoms with E-state index in [0.29, 0.717) is 13.2 Å². The van der Waals surface area contributed by atoms with Crippen LogP contribution in [0.4, 0.5) is 4.39 Å². The molecule has 28 heavy (non-hydrogen) atoms. The van der Waals surface area contributed by atoms with E-state index in [4.69, 9.17) is 4.74 Å². The van der Waals surface area contributed by atoms with Crippen LogP contribution in [0.15, 0.2) is 84.6 Å². The molecule has 0 bridgehead atoms. The molecule has 3 nitrogen and oxygen atoms in total. The molecule has 0 unspecified atom stereocenters. The molecule has 0 amide bonds. The molecule has 1 N–H and O–H groups in total. The molecule has 4 heteroatoms. The van der Waals surface area contributed by atoms with Crippen LogP contribution in [-0.2, 0) is 11.3 Å². The zero-order chi connectivity index (χ0) is 19.8. The lowest BCUT2D eigenvalue weighted by atomic mass is 10.2. The Morgan fingerprint density at radius 2 is 2.14 bits per heavy atom. The second-order valence-corrected chi connectivity index (χ2v) is 6.34. The zero-order valence-electron chi connectivity index (χ0n) is 15.7. The normalized spacial score (nSPS) is 11.9. The van der Waals surface area contributed by atoms with Gasteiger partial charge in [0.25, 0.3) is 0 Å². The maximum Gasteiger partial charge on any atom is 0.138 e. The van der Waals surface area contributed by atoms with E-state index in [1.807, 2.05) is 43.3 Å². The van der Waals surface area contributed by atoms with Gasteiger partial charge in [-0.05, 0) is 60.4 Å². The number of hydrogen-bond acceptors (Lipinski definition) is 2. The number of pyridine rings is 1. The van der Waals surface area contributed by atoms with E-state index in [1.54, 1.807) is 18.3 Å². The predicted octanol–water partition coefficient (Wildman–Crippen LogP) is 5.33. The number of aromatic amines is 1. The van der Waals surface area contributed by atoms with Crippen molar-refractivity contribution in [3.8, 4) is 11.8 Å². The van der Waals surface area contributed by atoms with Crippen molar-refractivity contribution in [1.82, 2.24) is 9.97 Å². The lowest BCUT2D eigenvalue weighted by Gasteiger charge is -2.04. The summed E-state index contributed by atoms with van der Waals surface area (Å²) in [4.78, 5) is 7.44. The minimum absolute atomic E-state index is 0.253. The van der Waals surface area contributed by atoms with Crippen molar-refractivity contribution < 1.29 is 9.13 Å². The van der Waals surface area contributed by atoms with Gasteiger partial charge in [0.05, 0.1) is 18.9 Å². The average Bonchev–Trinajstić information content (AvgIpc) is 3.11. The zero-order valence-corrected chi connectivity index (χ0v) is 15.7. The first-order valence-corrected chi connectivity index (χ1v) is 8.92. The van der Waals surface area contributed by atoms with Crippen molar-refractivity contribution in [3.63, 3.8) is 0 Å². The van der Waals surface area contributed by atoms with Crippen LogP contribution in [0, 0.1) is 17.7 Å². The van der Waals surface area contributed by atoms with Gasteiger partial charge >= 0.3 is 0 Å². The highest BCUT2D eigenvalue weighted by atomic mass is 19.1. The first-order chi connectivity index (χ1) is 13.6. The summed E-state index contributed by atoms with van der Waals surface area (Å²) >= 11 is 0. The molecule has 0 radical (unpaired) electrons. The molecule has 140 valence electrons. The Morgan fingerprint density at radius 3 is 2.93 bits per heavy atom. The molecule has 0 saturated heterocycles. The number of halogens is 1. The topological polar surface area (TPSA) is 37.9 Å². The Balaban J connectivity index is 1.59. The molecule has 3 aromatic rings. The average molecular weight is 372 g/mol. The summed E-state index contributed by atoms with van der Waals surface area (Å²) in [7, 11) is 0. The first-order valence-electron chi connectivity index (χ1n) is 8.92. The Labute approximate surface area is 164 Å². The fourth-order valence-electron chi connectivity index (χ4n) is 2.56. The van der Waals surface area contributed by atoms with Crippen molar-refractivity contribution in [2.45, 2.75) is 13.5 Å². The number of ether oxygens (including phenoxy) is 1. The van der Waals surface area contributed by atoms with E-state index in [9.17, 15) is 4.39 Å². The van der Waals surface area contributed by atoms with Crippen LogP contribution in [0.25, 0.3) is 11.0 Å². The third kappa shape index (κ3) is 5.54. The molecule has 0 aliphatic rings. The summed E-state index contributed by atoms with van der Waals surface area (Å²) in [5.74, 6) is 5.94. The van der Waals surface area contributed by atoms with Crippen LogP contribution in [0.2, 0.25) is 0 Å². The monoisotopic (exact) mass is 372 g/mol. The Morgan fingerprint density at radius 1 is 1.25 bits per heavy atom. The van der Waals surface area contributed by atoms with Gasteiger partial charge in [0, 0.05) is 17.2 Å². The van der Waals surface area contributed by atoms with E-state index in [2.05, 4.69) is 28.4 Å². The molecule has 0 saturated carbocycles. The molecular weight excluding hydrogens is 351 g/mol. The van der Waals surface area contributed by atoms with Crippen molar-refractivity contribution in [3.05, 3.63) is 102 Å². The number of H-pyrrole nitrogens is 1. The van der Waals surface area contributed by atoms with Gasteiger partial charge < -0.3 is 9.72 Å². The fraction of sp³-hybridized carbons (Fsp3) is 0.125. The molecule has 2 aromatic heterocycles. The third-order valence-electron chi connectivity index (χ3n) is 3.99. The molecule has 0 atom stereocenters. The summed E-state index contributed by atoms with van der Waals surface area (Å²) < 4.78 is 18.8. The van der Waals surface area contributed by atoms with Crippen molar-refractivity contribution in [1.29, 1.82) is 0 Å². The van der Waals surface area contributed by atoms with E-state index in [0.717, 1.165) is 33.4 Å². The molecular formula is C24H21FN2O. The van der Waals surface area contributed by atoms with Crippen molar-refractivity contribution in [2.24, 2.45) is 0 Å². The van der Waals surface area contributed by atoms with Crippen LogP contribution in [0.1, 0.15) is 18.2 Å². The van der Waals surface area contributed by atoms with Gasteiger partial charge in [-0.3, -0.25) is 0 Å². The Bertz CT molecular complexity index is 1060. The highest BCUT2D eigenvalue weighted by Gasteiger charge is 1.98. The number of hydrogen-bond donors (Lipinski definition) is 1.